The first kappa shape index (κ1) is 16.1. The first-order chi connectivity index (χ1) is 11.1. The molecule has 0 atom stereocenters. The van der Waals surface area contributed by atoms with Crippen LogP contribution in [0.3, 0.4) is 0 Å². The molecule has 0 radical (unpaired) electrons. The molecule has 2 aromatic rings. The number of benzene rings is 1. The second kappa shape index (κ2) is 7.19. The molecule has 120 valence electrons. The fourth-order valence-corrected chi connectivity index (χ4v) is 3.18. The Kier molecular flexibility index (Phi) is 5.03. The Morgan fingerprint density at radius 1 is 1.17 bits per heavy atom. The van der Waals surface area contributed by atoms with Gasteiger partial charge >= 0.3 is 0 Å². The molecule has 1 saturated heterocycles. The average Bonchev–Trinajstić information content (AvgIpc) is 2.56. The van der Waals surface area contributed by atoms with Crippen LogP contribution >= 0.6 is 15.9 Å². The molecule has 0 spiro atoms. The normalized spacial score (nSPS) is 15.7. The standard InChI is InChI=1S/C17H17BrFN3O/c18-16-11-13(19)4-5-15(16)17(23)22-9-7-21(8-10-22)12-14-3-1-2-6-20-14/h1-6,11H,7-10,12H2. The number of rotatable bonds is 3. The molecule has 0 saturated carbocycles. The van der Waals surface area contributed by atoms with Crippen LogP contribution in [0.4, 0.5) is 4.39 Å². The largest absolute Gasteiger partial charge is 0.336 e. The highest BCUT2D eigenvalue weighted by Gasteiger charge is 2.23. The summed E-state index contributed by atoms with van der Waals surface area (Å²) in [5.41, 5.74) is 1.54. The molecule has 1 fully saturated rings. The topological polar surface area (TPSA) is 36.4 Å². The van der Waals surface area contributed by atoms with Crippen molar-refractivity contribution in [3.8, 4) is 0 Å². The lowest BCUT2D eigenvalue weighted by Crippen LogP contribution is -2.48. The lowest BCUT2D eigenvalue weighted by molar-refractivity contribution is 0.0626. The third kappa shape index (κ3) is 3.95. The first-order valence-electron chi connectivity index (χ1n) is 7.50. The van der Waals surface area contributed by atoms with E-state index < -0.39 is 0 Å². The molecule has 6 heteroatoms. The van der Waals surface area contributed by atoms with Gasteiger partial charge in [0.05, 0.1) is 11.3 Å². The zero-order chi connectivity index (χ0) is 16.2. The van der Waals surface area contributed by atoms with Gasteiger partial charge in [0.15, 0.2) is 0 Å². The molecule has 4 nitrogen and oxygen atoms in total. The number of nitrogens with zero attached hydrogens (tertiary/aromatic N) is 3. The molecule has 0 bridgehead atoms. The van der Waals surface area contributed by atoms with Crippen molar-refractivity contribution < 1.29 is 9.18 Å². The Balaban J connectivity index is 1.59. The van der Waals surface area contributed by atoms with Gasteiger partial charge in [-0.05, 0) is 46.3 Å². The Morgan fingerprint density at radius 3 is 2.61 bits per heavy atom. The van der Waals surface area contributed by atoms with Crippen molar-refractivity contribution >= 4 is 21.8 Å². The second-order valence-electron chi connectivity index (χ2n) is 5.51. The molecule has 1 aromatic heterocycles. The minimum Gasteiger partial charge on any atom is -0.336 e. The van der Waals surface area contributed by atoms with Crippen LogP contribution in [0.1, 0.15) is 16.1 Å². The summed E-state index contributed by atoms with van der Waals surface area (Å²) in [5.74, 6) is -0.414. The average molecular weight is 378 g/mol. The van der Waals surface area contributed by atoms with E-state index in [2.05, 4.69) is 25.8 Å². The summed E-state index contributed by atoms with van der Waals surface area (Å²) in [6.45, 7) is 3.73. The van der Waals surface area contributed by atoms with Crippen LogP contribution in [0.5, 0.6) is 0 Å². The van der Waals surface area contributed by atoms with E-state index >= 15 is 0 Å². The Morgan fingerprint density at radius 2 is 1.96 bits per heavy atom. The molecule has 1 aliphatic heterocycles. The van der Waals surface area contributed by atoms with E-state index in [1.165, 1.54) is 18.2 Å². The first-order valence-corrected chi connectivity index (χ1v) is 8.29. The Bertz CT molecular complexity index is 687. The molecular weight excluding hydrogens is 361 g/mol. The molecule has 1 amide bonds. The lowest BCUT2D eigenvalue weighted by atomic mass is 10.1. The van der Waals surface area contributed by atoms with Gasteiger partial charge in [0.2, 0.25) is 0 Å². The number of piperazine rings is 1. The summed E-state index contributed by atoms with van der Waals surface area (Å²) in [6, 6.07) is 10.1. The predicted octanol–water partition coefficient (Wildman–Crippen LogP) is 2.94. The van der Waals surface area contributed by atoms with Crippen LogP contribution < -0.4 is 0 Å². The Labute approximate surface area is 143 Å². The zero-order valence-electron chi connectivity index (χ0n) is 12.6. The maximum atomic E-state index is 13.1. The number of aromatic nitrogens is 1. The third-order valence-electron chi connectivity index (χ3n) is 3.93. The van der Waals surface area contributed by atoms with Crippen LogP contribution in [0.2, 0.25) is 0 Å². The van der Waals surface area contributed by atoms with Gasteiger partial charge in [-0.25, -0.2) is 4.39 Å². The molecule has 1 aromatic carbocycles. The Hall–Kier alpha value is -1.79. The highest BCUT2D eigenvalue weighted by Crippen LogP contribution is 2.20. The predicted molar refractivity (Wildman–Crippen MR) is 89.5 cm³/mol. The minimum absolute atomic E-state index is 0.0608. The summed E-state index contributed by atoms with van der Waals surface area (Å²) in [5, 5.41) is 0. The molecule has 23 heavy (non-hydrogen) atoms. The maximum Gasteiger partial charge on any atom is 0.255 e. The van der Waals surface area contributed by atoms with Crippen LogP contribution in [-0.2, 0) is 6.54 Å². The molecular formula is C17H17BrFN3O. The molecule has 3 rings (SSSR count). The molecule has 0 aliphatic carbocycles. The number of halogens is 2. The lowest BCUT2D eigenvalue weighted by Gasteiger charge is -2.34. The van der Waals surface area contributed by atoms with Crippen LogP contribution in [0, 0.1) is 5.82 Å². The number of carbonyl (C=O) groups is 1. The molecule has 1 aliphatic rings. The van der Waals surface area contributed by atoms with Gasteiger partial charge in [-0.1, -0.05) is 6.07 Å². The highest BCUT2D eigenvalue weighted by molar-refractivity contribution is 9.10. The van der Waals surface area contributed by atoms with Crippen molar-refractivity contribution in [2.45, 2.75) is 6.54 Å². The van der Waals surface area contributed by atoms with Crippen LogP contribution in [0.25, 0.3) is 0 Å². The smallest absolute Gasteiger partial charge is 0.255 e. The second-order valence-corrected chi connectivity index (χ2v) is 6.37. The number of hydrogen-bond donors (Lipinski definition) is 0. The van der Waals surface area contributed by atoms with Gasteiger partial charge in [0, 0.05) is 43.4 Å². The number of pyridine rings is 1. The van der Waals surface area contributed by atoms with Crippen LogP contribution in [0.15, 0.2) is 47.1 Å². The van der Waals surface area contributed by atoms with Crippen molar-refractivity contribution in [1.29, 1.82) is 0 Å². The van der Waals surface area contributed by atoms with Crippen molar-refractivity contribution in [2.24, 2.45) is 0 Å². The van der Waals surface area contributed by atoms with Gasteiger partial charge in [0.25, 0.3) is 5.91 Å². The van der Waals surface area contributed by atoms with E-state index in [4.69, 9.17) is 0 Å². The molecule has 2 heterocycles. The zero-order valence-corrected chi connectivity index (χ0v) is 14.2. The highest BCUT2D eigenvalue weighted by atomic mass is 79.9. The monoisotopic (exact) mass is 377 g/mol. The van der Waals surface area contributed by atoms with Crippen molar-refractivity contribution in [2.75, 3.05) is 26.2 Å². The van der Waals surface area contributed by atoms with E-state index in [0.29, 0.717) is 23.1 Å². The van der Waals surface area contributed by atoms with Crippen molar-refractivity contribution in [3.63, 3.8) is 0 Å². The fourth-order valence-electron chi connectivity index (χ4n) is 2.66. The van der Waals surface area contributed by atoms with Gasteiger partial charge in [-0.15, -0.1) is 0 Å². The van der Waals surface area contributed by atoms with E-state index in [1.54, 1.807) is 6.20 Å². The quantitative estimate of drug-likeness (QED) is 0.824. The summed E-state index contributed by atoms with van der Waals surface area (Å²) in [6.07, 6.45) is 1.79. The fraction of sp³-hybridized carbons (Fsp3) is 0.294. The van der Waals surface area contributed by atoms with Gasteiger partial charge in [0.1, 0.15) is 5.82 Å². The van der Waals surface area contributed by atoms with Crippen molar-refractivity contribution in [1.82, 2.24) is 14.8 Å². The summed E-state index contributed by atoms with van der Waals surface area (Å²) in [7, 11) is 0. The van der Waals surface area contributed by atoms with Gasteiger partial charge in [-0.2, -0.15) is 0 Å². The van der Waals surface area contributed by atoms with Gasteiger partial charge < -0.3 is 4.90 Å². The number of amides is 1. The van der Waals surface area contributed by atoms with E-state index in [9.17, 15) is 9.18 Å². The molecule has 0 N–H and O–H groups in total. The summed E-state index contributed by atoms with van der Waals surface area (Å²) >= 11 is 3.26. The van der Waals surface area contributed by atoms with E-state index in [0.717, 1.165) is 25.3 Å². The van der Waals surface area contributed by atoms with Crippen LogP contribution in [-0.4, -0.2) is 46.9 Å². The maximum absolute atomic E-state index is 13.1. The minimum atomic E-state index is -0.353. The molecule has 0 unspecified atom stereocenters. The summed E-state index contributed by atoms with van der Waals surface area (Å²) < 4.78 is 13.6. The number of hydrogen-bond acceptors (Lipinski definition) is 3. The third-order valence-corrected chi connectivity index (χ3v) is 4.59. The number of carbonyl (C=O) groups excluding carboxylic acids is 1. The summed E-state index contributed by atoms with van der Waals surface area (Å²) in [4.78, 5) is 21.0. The van der Waals surface area contributed by atoms with Gasteiger partial charge in [-0.3, -0.25) is 14.7 Å². The van der Waals surface area contributed by atoms with E-state index in [-0.39, 0.29) is 11.7 Å². The SMILES string of the molecule is O=C(c1ccc(F)cc1Br)N1CCN(Cc2ccccn2)CC1. The van der Waals surface area contributed by atoms with E-state index in [1.807, 2.05) is 23.1 Å². The van der Waals surface area contributed by atoms with Crippen molar-refractivity contribution in [3.05, 3.63) is 64.1 Å².